The standard InChI is InChI=1S/C15H14FNO3/c1-20-14(19)10-8-15(9-17,7-6-13(10)18)11-4-2-3-5-12(11)16/h2-5,18H,6-8H2,1H3. The van der Waals surface area contributed by atoms with Crippen molar-refractivity contribution in [1.82, 2.24) is 0 Å². The van der Waals surface area contributed by atoms with E-state index in [2.05, 4.69) is 10.8 Å². The molecule has 0 heterocycles. The molecule has 0 bridgehead atoms. The van der Waals surface area contributed by atoms with Crippen LogP contribution < -0.4 is 0 Å². The van der Waals surface area contributed by atoms with Crippen molar-refractivity contribution < 1.29 is 19.0 Å². The van der Waals surface area contributed by atoms with Gasteiger partial charge < -0.3 is 9.84 Å². The number of ether oxygens (including phenoxy) is 1. The number of hydrogen-bond acceptors (Lipinski definition) is 4. The molecule has 1 unspecified atom stereocenters. The van der Waals surface area contributed by atoms with E-state index in [0.717, 1.165) is 0 Å². The Hall–Kier alpha value is -2.35. The Morgan fingerprint density at radius 3 is 2.80 bits per heavy atom. The summed E-state index contributed by atoms with van der Waals surface area (Å²) in [5.74, 6) is -1.25. The first kappa shape index (κ1) is 14.1. The van der Waals surface area contributed by atoms with Gasteiger partial charge in [0.1, 0.15) is 11.6 Å². The number of carbonyl (C=O) groups excluding carboxylic acids is 1. The zero-order valence-corrected chi connectivity index (χ0v) is 11.0. The molecular weight excluding hydrogens is 261 g/mol. The molecule has 0 saturated heterocycles. The van der Waals surface area contributed by atoms with Crippen LogP contribution in [0.15, 0.2) is 35.6 Å². The van der Waals surface area contributed by atoms with Gasteiger partial charge in [0.05, 0.1) is 24.2 Å². The van der Waals surface area contributed by atoms with Crippen molar-refractivity contribution in [1.29, 1.82) is 5.26 Å². The predicted molar refractivity (Wildman–Crippen MR) is 69.2 cm³/mol. The van der Waals surface area contributed by atoms with Crippen molar-refractivity contribution in [3.05, 3.63) is 47.0 Å². The summed E-state index contributed by atoms with van der Waals surface area (Å²) in [6.45, 7) is 0. The van der Waals surface area contributed by atoms with Crippen LogP contribution in [0.2, 0.25) is 0 Å². The summed E-state index contributed by atoms with van der Waals surface area (Å²) >= 11 is 0. The first-order valence-corrected chi connectivity index (χ1v) is 6.19. The highest BCUT2D eigenvalue weighted by Crippen LogP contribution is 2.42. The van der Waals surface area contributed by atoms with Gasteiger partial charge in [-0.15, -0.1) is 0 Å². The monoisotopic (exact) mass is 275 g/mol. The number of nitriles is 1. The molecule has 0 fully saturated rings. The number of halogens is 1. The molecule has 1 atom stereocenters. The molecule has 4 nitrogen and oxygen atoms in total. The fourth-order valence-corrected chi connectivity index (χ4v) is 2.52. The van der Waals surface area contributed by atoms with E-state index in [1.807, 2.05) is 0 Å². The largest absolute Gasteiger partial charge is 0.512 e. The third-order valence-electron chi connectivity index (χ3n) is 3.65. The molecule has 20 heavy (non-hydrogen) atoms. The molecule has 5 heteroatoms. The summed E-state index contributed by atoms with van der Waals surface area (Å²) in [5, 5.41) is 19.3. The van der Waals surface area contributed by atoms with Crippen molar-refractivity contribution >= 4 is 5.97 Å². The van der Waals surface area contributed by atoms with Crippen LogP contribution in [0.3, 0.4) is 0 Å². The zero-order valence-electron chi connectivity index (χ0n) is 11.0. The van der Waals surface area contributed by atoms with Crippen LogP contribution in [0.1, 0.15) is 24.8 Å². The van der Waals surface area contributed by atoms with E-state index >= 15 is 0 Å². The highest BCUT2D eigenvalue weighted by molar-refractivity contribution is 5.89. The smallest absolute Gasteiger partial charge is 0.337 e. The van der Waals surface area contributed by atoms with Gasteiger partial charge in [0.25, 0.3) is 0 Å². The average molecular weight is 275 g/mol. The van der Waals surface area contributed by atoms with Crippen molar-refractivity contribution in [2.75, 3.05) is 7.11 Å². The second-order valence-electron chi connectivity index (χ2n) is 4.77. The van der Waals surface area contributed by atoms with E-state index in [1.165, 1.54) is 19.2 Å². The van der Waals surface area contributed by atoms with E-state index in [0.29, 0.717) is 0 Å². The van der Waals surface area contributed by atoms with Gasteiger partial charge in [-0.05, 0) is 12.5 Å². The number of nitrogens with zero attached hydrogens (tertiary/aromatic N) is 1. The minimum Gasteiger partial charge on any atom is -0.512 e. The molecule has 0 radical (unpaired) electrons. The van der Waals surface area contributed by atoms with E-state index in [9.17, 15) is 19.6 Å². The number of aliphatic hydroxyl groups is 1. The van der Waals surface area contributed by atoms with Gasteiger partial charge in [0.15, 0.2) is 0 Å². The first-order chi connectivity index (χ1) is 9.54. The van der Waals surface area contributed by atoms with Crippen molar-refractivity contribution in [2.45, 2.75) is 24.7 Å². The lowest BCUT2D eigenvalue weighted by molar-refractivity contribution is -0.136. The fourth-order valence-electron chi connectivity index (χ4n) is 2.52. The van der Waals surface area contributed by atoms with E-state index in [-0.39, 0.29) is 36.2 Å². The Balaban J connectivity index is 2.48. The quantitative estimate of drug-likeness (QED) is 0.842. The van der Waals surface area contributed by atoms with Gasteiger partial charge in [0.2, 0.25) is 0 Å². The Bertz CT molecular complexity index is 618. The summed E-state index contributed by atoms with van der Waals surface area (Å²) in [5.41, 5.74) is -0.860. The lowest BCUT2D eigenvalue weighted by Gasteiger charge is -2.32. The highest BCUT2D eigenvalue weighted by atomic mass is 19.1. The van der Waals surface area contributed by atoms with Crippen LogP contribution in [-0.4, -0.2) is 18.2 Å². The summed E-state index contributed by atoms with van der Waals surface area (Å²) in [6, 6.07) is 8.12. The van der Waals surface area contributed by atoms with Crippen molar-refractivity contribution in [3.63, 3.8) is 0 Å². The Kier molecular flexibility index (Phi) is 3.75. The van der Waals surface area contributed by atoms with Crippen LogP contribution >= 0.6 is 0 Å². The van der Waals surface area contributed by atoms with Crippen molar-refractivity contribution in [2.24, 2.45) is 0 Å². The van der Waals surface area contributed by atoms with Crippen LogP contribution in [0, 0.1) is 17.1 Å². The van der Waals surface area contributed by atoms with Crippen LogP contribution in [0.4, 0.5) is 4.39 Å². The van der Waals surface area contributed by atoms with Crippen LogP contribution in [-0.2, 0) is 14.9 Å². The lowest BCUT2D eigenvalue weighted by Crippen LogP contribution is -2.32. The summed E-state index contributed by atoms with van der Waals surface area (Å²) in [4.78, 5) is 11.7. The normalized spacial score (nSPS) is 22.2. The number of methoxy groups -OCH3 is 1. The minimum absolute atomic E-state index is 0.0450. The highest BCUT2D eigenvalue weighted by Gasteiger charge is 2.41. The van der Waals surface area contributed by atoms with Gasteiger partial charge >= 0.3 is 5.97 Å². The molecule has 2 rings (SSSR count). The molecule has 104 valence electrons. The molecule has 0 spiro atoms. The number of allylic oxidation sites excluding steroid dienone is 1. The lowest BCUT2D eigenvalue weighted by atomic mass is 9.69. The maximum atomic E-state index is 14.0. The van der Waals surface area contributed by atoms with E-state index in [4.69, 9.17) is 0 Å². The molecule has 1 aliphatic rings. The van der Waals surface area contributed by atoms with Gasteiger partial charge in [0, 0.05) is 18.4 Å². The number of hydrogen-bond donors (Lipinski definition) is 1. The molecule has 1 aliphatic carbocycles. The Morgan fingerprint density at radius 1 is 1.50 bits per heavy atom. The molecular formula is C15H14FNO3. The Labute approximate surface area is 116 Å². The summed E-state index contributed by atoms with van der Waals surface area (Å²) in [7, 11) is 1.20. The second-order valence-corrected chi connectivity index (χ2v) is 4.77. The number of aliphatic hydroxyl groups excluding tert-OH is 1. The number of esters is 1. The molecule has 0 saturated carbocycles. The van der Waals surface area contributed by atoms with Gasteiger partial charge in [-0.25, -0.2) is 9.18 Å². The van der Waals surface area contributed by atoms with Gasteiger partial charge in [-0.3, -0.25) is 0 Å². The maximum absolute atomic E-state index is 14.0. The van der Waals surface area contributed by atoms with Gasteiger partial charge in [-0.1, -0.05) is 18.2 Å². The van der Waals surface area contributed by atoms with Crippen LogP contribution in [0.25, 0.3) is 0 Å². The molecule has 0 amide bonds. The molecule has 1 aromatic rings. The third-order valence-corrected chi connectivity index (χ3v) is 3.65. The van der Waals surface area contributed by atoms with Gasteiger partial charge in [-0.2, -0.15) is 5.26 Å². The first-order valence-electron chi connectivity index (χ1n) is 6.19. The zero-order chi connectivity index (χ0) is 14.8. The number of benzene rings is 1. The van der Waals surface area contributed by atoms with Crippen LogP contribution in [0.5, 0.6) is 0 Å². The topological polar surface area (TPSA) is 70.3 Å². The van der Waals surface area contributed by atoms with E-state index < -0.39 is 17.2 Å². The summed E-state index contributed by atoms with van der Waals surface area (Å²) < 4.78 is 18.6. The SMILES string of the molecule is COC(=O)C1=C(O)CCC(C#N)(c2ccccc2F)C1. The van der Waals surface area contributed by atoms with E-state index in [1.54, 1.807) is 12.1 Å². The fraction of sp³-hybridized carbons (Fsp3) is 0.333. The predicted octanol–water partition coefficient (Wildman–Crippen LogP) is 2.76. The number of rotatable bonds is 2. The molecule has 0 aliphatic heterocycles. The summed E-state index contributed by atoms with van der Waals surface area (Å²) in [6.07, 6.45) is 0.353. The van der Waals surface area contributed by atoms with Crippen molar-refractivity contribution in [3.8, 4) is 6.07 Å². The average Bonchev–Trinajstić information content (AvgIpc) is 2.48. The maximum Gasteiger partial charge on any atom is 0.337 e. The molecule has 1 aromatic carbocycles. The molecule has 0 aromatic heterocycles. The number of carbonyl (C=O) groups is 1. The Morgan fingerprint density at radius 2 is 2.20 bits per heavy atom. The third kappa shape index (κ3) is 2.25. The second kappa shape index (κ2) is 5.33. The minimum atomic E-state index is -1.15. The molecule has 1 N–H and O–H groups in total.